The number of nitrogens with one attached hydrogen (secondary N) is 1. The van der Waals surface area contributed by atoms with Crippen molar-refractivity contribution in [3.8, 4) is 0 Å². The first-order valence-electron chi connectivity index (χ1n) is 5.72. The van der Waals surface area contributed by atoms with Crippen LogP contribution in [0.15, 0.2) is 0 Å². The zero-order valence-corrected chi connectivity index (χ0v) is 11.5. The van der Waals surface area contributed by atoms with E-state index in [9.17, 15) is 4.79 Å². The number of nitrogens with zero attached hydrogens (tertiary/aromatic N) is 1. The van der Waals surface area contributed by atoms with Crippen molar-refractivity contribution in [3.05, 3.63) is 10.6 Å². The maximum absolute atomic E-state index is 11.4. The summed E-state index contributed by atoms with van der Waals surface area (Å²) in [5, 5.41) is 3.47. The number of nitrogens with two attached hydrogens (primary N) is 1. The molecule has 1 heterocycles. The minimum Gasteiger partial charge on any atom is -0.320 e. The normalized spacial score (nSPS) is 16.4. The van der Waals surface area contributed by atoms with Crippen LogP contribution in [0.3, 0.4) is 0 Å². The number of thiazole rings is 1. The van der Waals surface area contributed by atoms with Crippen molar-refractivity contribution in [1.29, 1.82) is 0 Å². The molecule has 1 aliphatic rings. The Morgan fingerprint density at radius 3 is 2.82 bits per heavy atom. The van der Waals surface area contributed by atoms with E-state index in [0.717, 1.165) is 12.8 Å². The smallest absolute Gasteiger partial charge is 0.242 e. The Morgan fingerprint density at radius 2 is 2.12 bits per heavy atom. The average molecular weight is 276 g/mol. The summed E-state index contributed by atoms with van der Waals surface area (Å²) in [5.74, 6) is -0.163. The number of hydrogen-bond donors (Lipinski definition) is 2. The maximum atomic E-state index is 11.4. The molecule has 6 heteroatoms. The van der Waals surface area contributed by atoms with Crippen LogP contribution in [-0.4, -0.2) is 16.9 Å². The van der Waals surface area contributed by atoms with Crippen molar-refractivity contribution >= 4 is 34.8 Å². The molecule has 1 aromatic rings. The Kier molecular flexibility index (Phi) is 5.36. The molecule has 1 aromatic heterocycles. The summed E-state index contributed by atoms with van der Waals surface area (Å²) in [4.78, 5) is 17.2. The maximum Gasteiger partial charge on any atom is 0.242 e. The van der Waals surface area contributed by atoms with Gasteiger partial charge in [0.1, 0.15) is 0 Å². The molecule has 2 rings (SSSR count). The van der Waals surface area contributed by atoms with Crippen LogP contribution in [0.5, 0.6) is 0 Å². The van der Waals surface area contributed by atoms with E-state index >= 15 is 0 Å². The third kappa shape index (κ3) is 3.66. The molecule has 1 atom stereocenters. The summed E-state index contributed by atoms with van der Waals surface area (Å²) >= 11 is 1.60. The van der Waals surface area contributed by atoms with Crippen LogP contribution in [-0.2, 0) is 17.6 Å². The van der Waals surface area contributed by atoms with Crippen LogP contribution in [0.2, 0.25) is 0 Å². The number of carbonyl (C=O) groups is 1. The zero-order chi connectivity index (χ0) is 11.5. The predicted octanol–water partition coefficient (Wildman–Crippen LogP) is 2.12. The average Bonchev–Trinajstić information content (AvgIpc) is 2.48. The van der Waals surface area contributed by atoms with E-state index in [-0.39, 0.29) is 18.3 Å². The van der Waals surface area contributed by atoms with Gasteiger partial charge in [-0.1, -0.05) is 6.42 Å². The van der Waals surface area contributed by atoms with Crippen molar-refractivity contribution < 1.29 is 4.79 Å². The fourth-order valence-electron chi connectivity index (χ4n) is 1.80. The molecule has 0 fully saturated rings. The first kappa shape index (κ1) is 14.4. The topological polar surface area (TPSA) is 68.0 Å². The molecule has 4 nitrogen and oxygen atoms in total. The molecule has 1 amide bonds. The van der Waals surface area contributed by atoms with Crippen LogP contribution >= 0.6 is 23.7 Å². The first-order chi connectivity index (χ1) is 7.66. The van der Waals surface area contributed by atoms with Gasteiger partial charge < -0.3 is 11.1 Å². The molecule has 0 aromatic carbocycles. The molecule has 0 radical (unpaired) electrons. The van der Waals surface area contributed by atoms with Crippen molar-refractivity contribution in [3.63, 3.8) is 0 Å². The van der Waals surface area contributed by atoms with Crippen LogP contribution in [0, 0.1) is 0 Å². The summed E-state index contributed by atoms with van der Waals surface area (Å²) in [6, 6.07) is -0.483. The summed E-state index contributed by atoms with van der Waals surface area (Å²) in [6.45, 7) is 1.67. The van der Waals surface area contributed by atoms with E-state index in [1.54, 1.807) is 18.3 Å². The Hall–Kier alpha value is -0.650. The monoisotopic (exact) mass is 275 g/mol. The summed E-state index contributed by atoms with van der Waals surface area (Å²) < 4.78 is 0. The number of carbonyl (C=O) groups excluding carboxylic acids is 1. The number of halogens is 1. The lowest BCUT2D eigenvalue weighted by Crippen LogP contribution is -2.32. The van der Waals surface area contributed by atoms with Gasteiger partial charge in [0.15, 0.2) is 5.13 Å². The van der Waals surface area contributed by atoms with Crippen LogP contribution in [0.4, 0.5) is 5.13 Å². The lowest BCUT2D eigenvalue weighted by Gasteiger charge is -2.03. The number of amides is 1. The van der Waals surface area contributed by atoms with E-state index in [0.29, 0.717) is 5.13 Å². The van der Waals surface area contributed by atoms with Gasteiger partial charge >= 0.3 is 0 Å². The Labute approximate surface area is 111 Å². The van der Waals surface area contributed by atoms with Crippen molar-refractivity contribution in [2.24, 2.45) is 5.73 Å². The molecule has 0 spiro atoms. The molecule has 0 bridgehead atoms. The highest BCUT2D eigenvalue weighted by molar-refractivity contribution is 7.15. The zero-order valence-electron chi connectivity index (χ0n) is 9.86. The largest absolute Gasteiger partial charge is 0.320 e. The SMILES string of the molecule is C[C@H](N)C(=O)Nc1nc2c(s1)CCCCC2.Cl. The molecular formula is C11H18ClN3OS. The third-order valence-corrected chi connectivity index (χ3v) is 3.81. The van der Waals surface area contributed by atoms with Crippen LogP contribution in [0.1, 0.15) is 36.8 Å². The molecule has 17 heavy (non-hydrogen) atoms. The molecule has 3 N–H and O–H groups in total. The molecule has 0 saturated carbocycles. The minimum absolute atomic E-state index is 0. The standard InChI is InChI=1S/C11H17N3OS.ClH/c1-7(12)10(15)14-11-13-8-5-3-2-4-6-9(8)16-11;/h7H,2-6,12H2,1H3,(H,13,14,15);1H/t7-;/m0./s1. The van der Waals surface area contributed by atoms with E-state index in [4.69, 9.17) is 5.73 Å². The lowest BCUT2D eigenvalue weighted by atomic mass is 10.2. The highest BCUT2D eigenvalue weighted by atomic mass is 35.5. The predicted molar refractivity (Wildman–Crippen MR) is 72.9 cm³/mol. The summed E-state index contributed by atoms with van der Waals surface area (Å²) in [7, 11) is 0. The molecule has 0 aliphatic heterocycles. The number of aromatic nitrogens is 1. The van der Waals surface area contributed by atoms with E-state index < -0.39 is 6.04 Å². The lowest BCUT2D eigenvalue weighted by molar-refractivity contribution is -0.117. The molecule has 0 unspecified atom stereocenters. The summed E-state index contributed by atoms with van der Waals surface area (Å²) in [5.41, 5.74) is 6.66. The number of rotatable bonds is 2. The van der Waals surface area contributed by atoms with E-state index in [1.807, 2.05) is 0 Å². The second kappa shape index (κ2) is 6.33. The molecular weight excluding hydrogens is 258 g/mol. The number of anilines is 1. The fraction of sp³-hybridized carbons (Fsp3) is 0.636. The second-order valence-corrected chi connectivity index (χ2v) is 5.31. The minimum atomic E-state index is -0.483. The van der Waals surface area contributed by atoms with Gasteiger partial charge in [0.05, 0.1) is 11.7 Å². The van der Waals surface area contributed by atoms with Gasteiger partial charge in [-0.05, 0) is 32.6 Å². The number of aryl methyl sites for hydroxylation is 2. The van der Waals surface area contributed by atoms with E-state index in [2.05, 4.69) is 10.3 Å². The molecule has 1 aliphatic carbocycles. The van der Waals surface area contributed by atoms with Crippen molar-refractivity contribution in [2.45, 2.75) is 45.1 Å². The molecule has 0 saturated heterocycles. The first-order valence-corrected chi connectivity index (χ1v) is 6.53. The highest BCUT2D eigenvalue weighted by Crippen LogP contribution is 2.28. The Bertz CT molecular complexity index is 369. The highest BCUT2D eigenvalue weighted by Gasteiger charge is 2.16. The van der Waals surface area contributed by atoms with Crippen LogP contribution < -0.4 is 11.1 Å². The van der Waals surface area contributed by atoms with Crippen molar-refractivity contribution in [2.75, 3.05) is 5.32 Å². The second-order valence-electron chi connectivity index (χ2n) is 4.23. The van der Waals surface area contributed by atoms with Crippen molar-refractivity contribution in [1.82, 2.24) is 4.98 Å². The van der Waals surface area contributed by atoms with Gasteiger partial charge in [-0.15, -0.1) is 23.7 Å². The van der Waals surface area contributed by atoms with E-state index in [1.165, 1.54) is 29.8 Å². The van der Waals surface area contributed by atoms with Gasteiger partial charge in [-0.2, -0.15) is 0 Å². The van der Waals surface area contributed by atoms with Gasteiger partial charge in [0, 0.05) is 4.88 Å². The quantitative estimate of drug-likeness (QED) is 0.813. The van der Waals surface area contributed by atoms with Gasteiger partial charge in [0.2, 0.25) is 5.91 Å². The summed E-state index contributed by atoms with van der Waals surface area (Å²) in [6.07, 6.45) is 5.86. The molecule has 96 valence electrons. The Morgan fingerprint density at radius 1 is 1.41 bits per heavy atom. The fourth-order valence-corrected chi connectivity index (χ4v) is 2.85. The number of fused-ring (bicyclic) bond motifs is 1. The number of hydrogen-bond acceptors (Lipinski definition) is 4. The Balaban J connectivity index is 0.00000144. The van der Waals surface area contributed by atoms with Gasteiger partial charge in [-0.3, -0.25) is 4.79 Å². The van der Waals surface area contributed by atoms with Crippen LogP contribution in [0.25, 0.3) is 0 Å². The third-order valence-electron chi connectivity index (χ3n) is 2.74. The van der Waals surface area contributed by atoms with Gasteiger partial charge in [0.25, 0.3) is 0 Å². The van der Waals surface area contributed by atoms with Gasteiger partial charge in [-0.25, -0.2) is 4.98 Å².